The third-order valence-corrected chi connectivity index (χ3v) is 3.31. The van der Waals surface area contributed by atoms with Crippen molar-refractivity contribution in [1.82, 2.24) is 0 Å². The van der Waals surface area contributed by atoms with Gasteiger partial charge in [-0.3, -0.25) is 4.79 Å². The number of carboxylic acids is 1. The summed E-state index contributed by atoms with van der Waals surface area (Å²) >= 11 is 0. The van der Waals surface area contributed by atoms with E-state index < -0.39 is 12.1 Å². The van der Waals surface area contributed by atoms with Crippen LogP contribution in [0.4, 0.5) is 0 Å². The highest BCUT2D eigenvalue weighted by Crippen LogP contribution is 2.10. The first-order chi connectivity index (χ1) is 11.5. The number of carbonyl (C=O) groups excluding carboxylic acids is 1. The van der Waals surface area contributed by atoms with Gasteiger partial charge in [0.15, 0.2) is 0 Å². The molecule has 0 heterocycles. The van der Waals surface area contributed by atoms with E-state index in [2.05, 4.69) is 13.5 Å². The molecule has 0 aliphatic carbocycles. The molecule has 0 aliphatic heterocycles. The summed E-state index contributed by atoms with van der Waals surface area (Å²) in [5.74, 6) is -1.26. The lowest BCUT2D eigenvalue weighted by atomic mass is 10.1. The van der Waals surface area contributed by atoms with Gasteiger partial charge in [0.05, 0.1) is 6.61 Å². The van der Waals surface area contributed by atoms with Gasteiger partial charge in [0.1, 0.15) is 12.7 Å². The van der Waals surface area contributed by atoms with Crippen LogP contribution in [-0.4, -0.2) is 46.6 Å². The zero-order chi connectivity index (χ0) is 18.6. The summed E-state index contributed by atoms with van der Waals surface area (Å²) in [6.07, 6.45) is 11.2. The van der Waals surface area contributed by atoms with Crippen LogP contribution in [-0.2, 0) is 14.3 Å². The standard InChI is InChI=1S/C15H30O4.C3H4O2/c1-2-3-4-5-6-7-8-9-10-11-15(18)19-13-14(17)12-16;1-2-3(4)5/h14,16-17H,2-13H2,1H3;2H,1H2,(H,4,5). The predicted octanol–water partition coefficient (Wildman–Crippen LogP) is 3.06. The third kappa shape index (κ3) is 22.9. The van der Waals surface area contributed by atoms with E-state index in [9.17, 15) is 9.59 Å². The lowest BCUT2D eigenvalue weighted by molar-refractivity contribution is -0.147. The molecule has 0 amide bonds. The quantitative estimate of drug-likeness (QED) is 0.254. The van der Waals surface area contributed by atoms with Crippen molar-refractivity contribution >= 4 is 11.9 Å². The number of aliphatic hydroxyl groups excluding tert-OH is 2. The molecule has 0 radical (unpaired) electrons. The summed E-state index contributed by atoms with van der Waals surface area (Å²) in [6.45, 7) is 4.71. The van der Waals surface area contributed by atoms with Gasteiger partial charge in [0.25, 0.3) is 0 Å². The number of carbonyl (C=O) groups is 2. The maximum Gasteiger partial charge on any atom is 0.327 e. The zero-order valence-corrected chi connectivity index (χ0v) is 14.9. The molecule has 142 valence electrons. The molecule has 0 saturated carbocycles. The van der Waals surface area contributed by atoms with Crippen LogP contribution in [0.25, 0.3) is 0 Å². The van der Waals surface area contributed by atoms with E-state index in [0.717, 1.165) is 18.9 Å². The summed E-state index contributed by atoms with van der Waals surface area (Å²) in [5, 5.41) is 25.2. The number of ether oxygens (including phenoxy) is 1. The molecule has 24 heavy (non-hydrogen) atoms. The first-order valence-electron chi connectivity index (χ1n) is 8.77. The van der Waals surface area contributed by atoms with Gasteiger partial charge in [-0.2, -0.15) is 0 Å². The molecule has 0 aromatic carbocycles. The van der Waals surface area contributed by atoms with Crippen molar-refractivity contribution in [3.8, 4) is 0 Å². The minimum absolute atomic E-state index is 0.104. The van der Waals surface area contributed by atoms with E-state index in [1.807, 2.05) is 0 Å². The van der Waals surface area contributed by atoms with Gasteiger partial charge < -0.3 is 20.1 Å². The SMILES string of the molecule is C=CC(=O)O.CCCCCCCCCCCC(=O)OCC(O)CO. The smallest absolute Gasteiger partial charge is 0.327 e. The summed E-state index contributed by atoms with van der Waals surface area (Å²) in [4.78, 5) is 20.5. The molecular formula is C18H34O6. The molecule has 0 fully saturated rings. The number of esters is 1. The van der Waals surface area contributed by atoms with Gasteiger partial charge in [0.2, 0.25) is 0 Å². The second-order valence-electron chi connectivity index (χ2n) is 5.64. The van der Waals surface area contributed by atoms with E-state index in [-0.39, 0.29) is 19.2 Å². The lowest BCUT2D eigenvalue weighted by Gasteiger charge is -2.08. The predicted molar refractivity (Wildman–Crippen MR) is 93.7 cm³/mol. The average Bonchev–Trinajstić information content (AvgIpc) is 2.58. The Morgan fingerprint density at radius 2 is 1.50 bits per heavy atom. The minimum atomic E-state index is -0.981. The molecule has 0 bridgehead atoms. The first kappa shape index (κ1) is 24.8. The van der Waals surface area contributed by atoms with Crippen LogP contribution in [0.15, 0.2) is 12.7 Å². The van der Waals surface area contributed by atoms with Crippen molar-refractivity contribution in [3.63, 3.8) is 0 Å². The second kappa shape index (κ2) is 19.6. The molecule has 0 saturated heterocycles. The van der Waals surface area contributed by atoms with Crippen LogP contribution in [0.5, 0.6) is 0 Å². The van der Waals surface area contributed by atoms with Crippen molar-refractivity contribution in [3.05, 3.63) is 12.7 Å². The van der Waals surface area contributed by atoms with Crippen LogP contribution in [0, 0.1) is 0 Å². The Labute approximate surface area is 145 Å². The average molecular weight is 346 g/mol. The molecule has 6 nitrogen and oxygen atoms in total. The summed E-state index contributed by atoms with van der Waals surface area (Å²) < 4.78 is 4.82. The van der Waals surface area contributed by atoms with Crippen molar-refractivity contribution in [2.75, 3.05) is 13.2 Å². The molecule has 0 aliphatic rings. The molecule has 0 rings (SSSR count). The molecule has 1 unspecified atom stereocenters. The van der Waals surface area contributed by atoms with E-state index in [0.29, 0.717) is 6.42 Å². The molecule has 0 aromatic heterocycles. The molecule has 6 heteroatoms. The van der Waals surface area contributed by atoms with Gasteiger partial charge >= 0.3 is 11.9 Å². The number of carboxylic acid groups (broad SMARTS) is 1. The van der Waals surface area contributed by atoms with Gasteiger partial charge in [-0.15, -0.1) is 0 Å². The fourth-order valence-electron chi connectivity index (χ4n) is 1.89. The number of aliphatic hydroxyl groups is 2. The van der Waals surface area contributed by atoms with Gasteiger partial charge in [0, 0.05) is 12.5 Å². The number of unbranched alkanes of at least 4 members (excludes halogenated alkanes) is 8. The fraction of sp³-hybridized carbons (Fsp3) is 0.778. The van der Waals surface area contributed by atoms with Gasteiger partial charge in [-0.05, 0) is 6.42 Å². The van der Waals surface area contributed by atoms with Gasteiger partial charge in [-0.25, -0.2) is 4.79 Å². The fourth-order valence-corrected chi connectivity index (χ4v) is 1.89. The Bertz CT molecular complexity index is 317. The number of rotatable bonds is 14. The molecule has 0 aromatic rings. The maximum atomic E-state index is 11.3. The highest BCUT2D eigenvalue weighted by Gasteiger charge is 2.07. The number of aliphatic carboxylic acids is 1. The molecule has 1 atom stereocenters. The van der Waals surface area contributed by atoms with Gasteiger partial charge in [-0.1, -0.05) is 64.9 Å². The Kier molecular flexibility index (Phi) is 20.3. The van der Waals surface area contributed by atoms with Crippen LogP contribution in [0.2, 0.25) is 0 Å². The summed E-state index contributed by atoms with van der Waals surface area (Å²) in [7, 11) is 0. The van der Waals surface area contributed by atoms with E-state index in [1.54, 1.807) is 0 Å². The van der Waals surface area contributed by atoms with E-state index in [1.165, 1.54) is 44.9 Å². The van der Waals surface area contributed by atoms with Crippen LogP contribution >= 0.6 is 0 Å². The van der Waals surface area contributed by atoms with Crippen molar-refractivity contribution < 1.29 is 29.6 Å². The largest absolute Gasteiger partial charge is 0.478 e. The zero-order valence-electron chi connectivity index (χ0n) is 14.9. The first-order valence-corrected chi connectivity index (χ1v) is 8.77. The van der Waals surface area contributed by atoms with E-state index >= 15 is 0 Å². The highest BCUT2D eigenvalue weighted by atomic mass is 16.5. The molecule has 0 spiro atoms. The second-order valence-corrected chi connectivity index (χ2v) is 5.64. The Balaban J connectivity index is 0. The Morgan fingerprint density at radius 3 is 1.92 bits per heavy atom. The van der Waals surface area contributed by atoms with Crippen molar-refractivity contribution in [2.24, 2.45) is 0 Å². The van der Waals surface area contributed by atoms with Crippen molar-refractivity contribution in [2.45, 2.75) is 77.2 Å². The van der Waals surface area contributed by atoms with E-state index in [4.69, 9.17) is 20.1 Å². The number of hydrogen-bond donors (Lipinski definition) is 3. The monoisotopic (exact) mass is 346 g/mol. The minimum Gasteiger partial charge on any atom is -0.478 e. The number of hydrogen-bond acceptors (Lipinski definition) is 5. The highest BCUT2D eigenvalue weighted by molar-refractivity contribution is 5.78. The van der Waals surface area contributed by atoms with Crippen LogP contribution in [0.1, 0.15) is 71.1 Å². The van der Waals surface area contributed by atoms with Crippen molar-refractivity contribution in [1.29, 1.82) is 0 Å². The Hall–Kier alpha value is -1.40. The summed E-state index contributed by atoms with van der Waals surface area (Å²) in [6, 6.07) is 0. The Morgan fingerprint density at radius 1 is 1.04 bits per heavy atom. The maximum absolute atomic E-state index is 11.3. The third-order valence-electron chi connectivity index (χ3n) is 3.31. The normalized spacial score (nSPS) is 11.1. The molecular weight excluding hydrogens is 312 g/mol. The topological polar surface area (TPSA) is 104 Å². The van der Waals surface area contributed by atoms with Crippen LogP contribution < -0.4 is 0 Å². The molecule has 3 N–H and O–H groups in total. The summed E-state index contributed by atoms with van der Waals surface area (Å²) in [5.41, 5.74) is 0. The lowest BCUT2D eigenvalue weighted by Crippen LogP contribution is -2.21. The van der Waals surface area contributed by atoms with Crippen LogP contribution in [0.3, 0.4) is 0 Å².